The molecule has 0 aliphatic carbocycles. The number of amides is 2. The summed E-state index contributed by atoms with van der Waals surface area (Å²) in [4.78, 5) is 25.1. The Bertz CT molecular complexity index is 612. The van der Waals surface area contributed by atoms with E-state index < -0.39 is 30.3 Å². The minimum absolute atomic E-state index is 0.0850. The number of hydrogen-bond acceptors (Lipinski definition) is 3. The Balaban J connectivity index is 2.24. The van der Waals surface area contributed by atoms with Crippen LogP contribution in [-0.4, -0.2) is 47.1 Å². The van der Waals surface area contributed by atoms with Crippen molar-refractivity contribution in [2.45, 2.75) is 42.7 Å². The van der Waals surface area contributed by atoms with Crippen LogP contribution in [0.4, 0.5) is 13.2 Å². The van der Waals surface area contributed by atoms with Crippen LogP contribution in [0.15, 0.2) is 30.3 Å². The predicted octanol–water partition coefficient (Wildman–Crippen LogP) is 2.59. The monoisotopic (exact) mass is 422 g/mol. The molecule has 1 saturated heterocycles. The van der Waals surface area contributed by atoms with Gasteiger partial charge in [-0.25, -0.2) is 0 Å². The van der Waals surface area contributed by atoms with Crippen molar-refractivity contribution in [1.82, 2.24) is 10.2 Å². The molecule has 1 fully saturated rings. The van der Waals surface area contributed by atoms with E-state index in [9.17, 15) is 22.8 Å². The van der Waals surface area contributed by atoms with E-state index in [1.54, 1.807) is 29.6 Å². The summed E-state index contributed by atoms with van der Waals surface area (Å²) in [6.45, 7) is 0.165. The van der Waals surface area contributed by atoms with Crippen molar-refractivity contribution in [2.75, 3.05) is 7.11 Å². The summed E-state index contributed by atoms with van der Waals surface area (Å²) < 4.78 is 43.0. The van der Waals surface area contributed by atoms with Crippen LogP contribution in [0, 0.1) is 0 Å². The number of methoxy groups -OCH3 is 1. The summed E-state index contributed by atoms with van der Waals surface area (Å²) in [5.41, 5.74) is 0.806. The number of ether oxygens (including phenoxy) is 1. The lowest BCUT2D eigenvalue weighted by Crippen LogP contribution is -2.53. The zero-order valence-electron chi connectivity index (χ0n) is 13.4. The first-order chi connectivity index (χ1) is 11.7. The fourth-order valence-corrected chi connectivity index (χ4v) is 3.48. The van der Waals surface area contributed by atoms with E-state index in [0.717, 1.165) is 5.56 Å². The summed E-state index contributed by atoms with van der Waals surface area (Å²) >= 11 is 3.43. The molecule has 1 heterocycles. The van der Waals surface area contributed by atoms with Crippen LogP contribution in [0.2, 0.25) is 0 Å². The van der Waals surface area contributed by atoms with Gasteiger partial charge in [-0.05, 0) is 18.4 Å². The van der Waals surface area contributed by atoms with Gasteiger partial charge in [-0.3, -0.25) is 9.59 Å². The van der Waals surface area contributed by atoms with Crippen molar-refractivity contribution in [2.24, 2.45) is 0 Å². The number of nitrogens with one attached hydrogen (secondary N) is 1. The fourth-order valence-electron chi connectivity index (χ4n) is 2.71. The number of carbonyl (C=O) groups is 2. The highest BCUT2D eigenvalue weighted by Gasteiger charge is 2.44. The molecule has 1 aliphatic heterocycles. The van der Waals surface area contributed by atoms with Gasteiger partial charge in [0.15, 0.2) is 0 Å². The molecule has 2 amide bonds. The minimum atomic E-state index is -5.04. The molecule has 138 valence electrons. The fraction of sp³-hybridized carbons (Fsp3) is 0.500. The van der Waals surface area contributed by atoms with E-state index in [0.29, 0.717) is 6.42 Å². The summed E-state index contributed by atoms with van der Waals surface area (Å²) in [7, 11) is 1.43. The van der Waals surface area contributed by atoms with Crippen LogP contribution < -0.4 is 5.32 Å². The Kier molecular flexibility index (Phi) is 6.45. The molecule has 9 heteroatoms. The molecule has 1 aromatic carbocycles. The third-order valence-electron chi connectivity index (χ3n) is 3.93. The summed E-state index contributed by atoms with van der Waals surface area (Å²) in [6.07, 6.45) is -5.23. The van der Waals surface area contributed by atoms with Gasteiger partial charge in [0, 0.05) is 13.7 Å². The van der Waals surface area contributed by atoms with Crippen LogP contribution in [0.25, 0.3) is 0 Å². The van der Waals surface area contributed by atoms with Crippen LogP contribution in [0.3, 0.4) is 0 Å². The average Bonchev–Trinajstić information content (AvgIpc) is 2.67. The second-order valence-electron chi connectivity index (χ2n) is 5.70. The molecule has 1 aliphatic rings. The standard InChI is InChI=1S/C16H18BrF3N2O3/c1-25-14-11(17)7-8-12(21-15(24)16(18,19)20)13(23)22(14)9-10-5-3-2-4-6-10/h2-6,11-12,14H,7-9H2,1H3,(H,21,24)/t11-,12+,14+/m1/s1. The quantitative estimate of drug-likeness (QED) is 0.758. The summed E-state index contributed by atoms with van der Waals surface area (Å²) in [5.74, 6) is -2.72. The lowest BCUT2D eigenvalue weighted by Gasteiger charge is -2.32. The molecule has 3 atom stereocenters. The lowest BCUT2D eigenvalue weighted by molar-refractivity contribution is -0.175. The third kappa shape index (κ3) is 4.94. The van der Waals surface area contributed by atoms with Gasteiger partial charge in [0.25, 0.3) is 0 Å². The van der Waals surface area contributed by atoms with E-state index in [1.165, 1.54) is 12.0 Å². The second-order valence-corrected chi connectivity index (χ2v) is 6.87. The van der Waals surface area contributed by atoms with Crippen molar-refractivity contribution >= 4 is 27.7 Å². The molecule has 5 nitrogen and oxygen atoms in total. The number of nitrogens with zero attached hydrogens (tertiary/aromatic N) is 1. The van der Waals surface area contributed by atoms with Crippen LogP contribution >= 0.6 is 15.9 Å². The zero-order chi connectivity index (χ0) is 18.6. The molecule has 0 bridgehead atoms. The molecule has 1 N–H and O–H groups in total. The van der Waals surface area contributed by atoms with Crippen molar-refractivity contribution in [3.8, 4) is 0 Å². The topological polar surface area (TPSA) is 58.6 Å². The van der Waals surface area contributed by atoms with Gasteiger partial charge in [0.1, 0.15) is 12.3 Å². The molecule has 0 spiro atoms. The van der Waals surface area contributed by atoms with Crippen LogP contribution in [0.1, 0.15) is 18.4 Å². The number of benzene rings is 1. The molecule has 2 rings (SSSR count). The first kappa shape index (κ1) is 19.7. The number of halogens is 4. The number of rotatable bonds is 4. The largest absolute Gasteiger partial charge is 0.471 e. The maximum atomic E-state index is 12.8. The zero-order valence-corrected chi connectivity index (χ0v) is 15.0. The van der Waals surface area contributed by atoms with Gasteiger partial charge in [-0.2, -0.15) is 13.2 Å². The number of alkyl halides is 4. The summed E-state index contributed by atoms with van der Waals surface area (Å²) in [6, 6.07) is 7.77. The van der Waals surface area contributed by atoms with Gasteiger partial charge in [0.05, 0.1) is 4.83 Å². The van der Waals surface area contributed by atoms with Crippen molar-refractivity contribution < 1.29 is 27.5 Å². The van der Waals surface area contributed by atoms with Crippen LogP contribution in [-0.2, 0) is 20.9 Å². The Morgan fingerprint density at radius 2 is 1.96 bits per heavy atom. The minimum Gasteiger partial charge on any atom is -0.360 e. The van der Waals surface area contributed by atoms with E-state index in [4.69, 9.17) is 4.74 Å². The van der Waals surface area contributed by atoms with Crippen molar-refractivity contribution in [3.63, 3.8) is 0 Å². The molecule has 0 saturated carbocycles. The summed E-state index contributed by atoms with van der Waals surface area (Å²) in [5, 5.41) is 1.80. The normalized spacial score (nSPS) is 24.8. The molecule has 0 unspecified atom stereocenters. The van der Waals surface area contributed by atoms with Crippen molar-refractivity contribution in [1.29, 1.82) is 0 Å². The van der Waals surface area contributed by atoms with Gasteiger partial charge < -0.3 is 15.0 Å². The number of hydrogen-bond donors (Lipinski definition) is 1. The Morgan fingerprint density at radius 3 is 2.52 bits per heavy atom. The number of likely N-dealkylation sites (tertiary alicyclic amines) is 1. The lowest BCUT2D eigenvalue weighted by atomic mass is 10.1. The van der Waals surface area contributed by atoms with Gasteiger partial charge in [-0.15, -0.1) is 0 Å². The van der Waals surface area contributed by atoms with Gasteiger partial charge >= 0.3 is 12.1 Å². The van der Waals surface area contributed by atoms with Crippen LogP contribution in [0.5, 0.6) is 0 Å². The first-order valence-corrected chi connectivity index (χ1v) is 8.54. The highest BCUT2D eigenvalue weighted by Crippen LogP contribution is 2.27. The molecule has 0 radical (unpaired) electrons. The SMILES string of the molecule is CO[C@H]1[C@H](Br)CC[C@H](NC(=O)C(F)(F)F)C(=O)N1Cc1ccccc1. The van der Waals surface area contributed by atoms with Gasteiger partial charge in [0.2, 0.25) is 5.91 Å². The average molecular weight is 423 g/mol. The number of carbonyl (C=O) groups excluding carboxylic acids is 2. The Morgan fingerprint density at radius 1 is 1.32 bits per heavy atom. The second kappa shape index (κ2) is 8.18. The highest BCUT2D eigenvalue weighted by molar-refractivity contribution is 9.09. The molecule has 1 aromatic rings. The Labute approximate surface area is 151 Å². The Hall–Kier alpha value is -1.61. The van der Waals surface area contributed by atoms with E-state index in [-0.39, 0.29) is 17.8 Å². The maximum Gasteiger partial charge on any atom is 0.471 e. The molecular formula is C16H18BrF3N2O3. The third-order valence-corrected chi connectivity index (χ3v) is 4.84. The molecular weight excluding hydrogens is 405 g/mol. The van der Waals surface area contributed by atoms with E-state index in [1.807, 2.05) is 6.07 Å². The van der Waals surface area contributed by atoms with Crippen molar-refractivity contribution in [3.05, 3.63) is 35.9 Å². The van der Waals surface area contributed by atoms with E-state index in [2.05, 4.69) is 15.9 Å². The molecule has 25 heavy (non-hydrogen) atoms. The maximum absolute atomic E-state index is 12.8. The smallest absolute Gasteiger partial charge is 0.360 e. The highest BCUT2D eigenvalue weighted by atomic mass is 79.9. The predicted molar refractivity (Wildman–Crippen MR) is 87.7 cm³/mol. The van der Waals surface area contributed by atoms with Gasteiger partial charge in [-0.1, -0.05) is 46.3 Å². The molecule has 0 aromatic heterocycles. The first-order valence-electron chi connectivity index (χ1n) is 7.63. The van der Waals surface area contributed by atoms with E-state index >= 15 is 0 Å².